The first kappa shape index (κ1) is 15.0. The zero-order valence-corrected chi connectivity index (χ0v) is 11.1. The second-order valence-electron chi connectivity index (χ2n) is 4.70. The van der Waals surface area contributed by atoms with Crippen molar-refractivity contribution in [2.75, 3.05) is 20.3 Å². The van der Waals surface area contributed by atoms with Crippen molar-refractivity contribution in [1.29, 1.82) is 0 Å². The second-order valence-corrected chi connectivity index (χ2v) is 4.70. The van der Waals surface area contributed by atoms with Gasteiger partial charge in [0.2, 0.25) is 5.91 Å². The lowest BCUT2D eigenvalue weighted by atomic mass is 10.1. The van der Waals surface area contributed by atoms with Crippen LogP contribution in [0.3, 0.4) is 0 Å². The molecule has 0 bridgehead atoms. The van der Waals surface area contributed by atoms with Crippen LogP contribution in [-0.2, 0) is 14.3 Å². The van der Waals surface area contributed by atoms with Gasteiger partial charge in [-0.25, -0.2) is 0 Å². The summed E-state index contributed by atoms with van der Waals surface area (Å²) < 4.78 is 4.56. The molecule has 1 aliphatic rings. The van der Waals surface area contributed by atoms with Crippen LogP contribution in [0.2, 0.25) is 0 Å². The lowest BCUT2D eigenvalue weighted by Crippen LogP contribution is -2.36. The summed E-state index contributed by atoms with van der Waals surface area (Å²) in [4.78, 5) is 24.2. The number of nitrogens with zero attached hydrogens (tertiary/aromatic N) is 1. The van der Waals surface area contributed by atoms with Gasteiger partial charge in [-0.15, -0.1) is 0 Å². The maximum Gasteiger partial charge on any atom is 0.305 e. The summed E-state index contributed by atoms with van der Waals surface area (Å²) in [5, 5.41) is 9.14. The normalized spacial score (nSPS) is 19.3. The summed E-state index contributed by atoms with van der Waals surface area (Å²) in [7, 11) is 1.40. The van der Waals surface area contributed by atoms with Gasteiger partial charge in [-0.1, -0.05) is 12.8 Å². The molecule has 0 radical (unpaired) electrons. The van der Waals surface area contributed by atoms with Crippen molar-refractivity contribution in [3.8, 4) is 0 Å². The van der Waals surface area contributed by atoms with Gasteiger partial charge in [0.15, 0.2) is 0 Å². The van der Waals surface area contributed by atoms with Crippen molar-refractivity contribution < 1.29 is 19.4 Å². The number of aliphatic hydroxyl groups is 1. The van der Waals surface area contributed by atoms with Crippen LogP contribution >= 0.6 is 0 Å². The first-order chi connectivity index (χ1) is 8.69. The maximum atomic E-state index is 11.5. The van der Waals surface area contributed by atoms with Crippen LogP contribution in [0.25, 0.3) is 0 Å². The minimum atomic E-state index is -0.162. The number of hydrogen-bond donors (Lipinski definition) is 1. The molecule has 0 unspecified atom stereocenters. The third kappa shape index (κ3) is 4.64. The van der Waals surface area contributed by atoms with E-state index < -0.39 is 0 Å². The Labute approximate surface area is 108 Å². The van der Waals surface area contributed by atoms with Gasteiger partial charge in [-0.3, -0.25) is 9.59 Å². The topological polar surface area (TPSA) is 66.8 Å². The van der Waals surface area contributed by atoms with Crippen LogP contribution in [0.5, 0.6) is 0 Å². The van der Waals surface area contributed by atoms with E-state index in [9.17, 15) is 9.59 Å². The molecule has 0 saturated carbocycles. The molecule has 0 aromatic heterocycles. The van der Waals surface area contributed by atoms with Gasteiger partial charge in [0.05, 0.1) is 19.8 Å². The van der Waals surface area contributed by atoms with Crippen LogP contribution in [0.1, 0.15) is 44.9 Å². The zero-order chi connectivity index (χ0) is 13.4. The number of ether oxygens (including phenoxy) is 1. The van der Waals surface area contributed by atoms with Crippen molar-refractivity contribution in [2.24, 2.45) is 0 Å². The molecule has 5 heteroatoms. The van der Waals surface area contributed by atoms with Gasteiger partial charge in [-0.05, 0) is 19.3 Å². The van der Waals surface area contributed by atoms with Gasteiger partial charge in [0, 0.05) is 19.4 Å². The Kier molecular flexibility index (Phi) is 6.72. The summed E-state index contributed by atoms with van der Waals surface area (Å²) in [6, 6.07) is 0.0209. The van der Waals surface area contributed by atoms with Crippen LogP contribution in [0.15, 0.2) is 0 Å². The molecule has 1 atom stereocenters. The first-order valence-corrected chi connectivity index (χ1v) is 6.66. The van der Waals surface area contributed by atoms with Gasteiger partial charge < -0.3 is 14.7 Å². The smallest absolute Gasteiger partial charge is 0.305 e. The molecule has 0 aliphatic carbocycles. The fourth-order valence-corrected chi connectivity index (χ4v) is 2.30. The Bertz CT molecular complexity index is 280. The minimum Gasteiger partial charge on any atom is -0.469 e. The number of rotatable bonds is 8. The summed E-state index contributed by atoms with van der Waals surface area (Å²) >= 11 is 0. The highest BCUT2D eigenvalue weighted by Crippen LogP contribution is 2.19. The minimum absolute atomic E-state index is 0.0209. The number of amides is 1. The molecule has 1 aliphatic heterocycles. The molecule has 5 nitrogen and oxygen atoms in total. The fraction of sp³-hybridized carbons (Fsp3) is 0.846. The third-order valence-corrected chi connectivity index (χ3v) is 3.42. The standard InChI is InChI=1S/C13H23NO4/c1-18-13(17)6-4-2-3-5-9-14-11(10-15)7-8-12(14)16/h11,15H,2-10H2,1H3/t11-/m1/s1. The molecule has 1 amide bonds. The van der Waals surface area contributed by atoms with E-state index >= 15 is 0 Å². The van der Waals surface area contributed by atoms with Crippen LogP contribution in [0.4, 0.5) is 0 Å². The van der Waals surface area contributed by atoms with Crippen LogP contribution in [-0.4, -0.2) is 48.2 Å². The molecule has 1 heterocycles. The third-order valence-electron chi connectivity index (χ3n) is 3.42. The number of hydrogen-bond acceptors (Lipinski definition) is 4. The number of esters is 1. The molecule has 1 rings (SSSR count). The van der Waals surface area contributed by atoms with Gasteiger partial charge in [-0.2, -0.15) is 0 Å². The molecule has 18 heavy (non-hydrogen) atoms. The van der Waals surface area contributed by atoms with Crippen molar-refractivity contribution in [1.82, 2.24) is 4.90 Å². The van der Waals surface area contributed by atoms with Crippen molar-refractivity contribution in [3.05, 3.63) is 0 Å². The molecular weight excluding hydrogens is 234 g/mol. The molecule has 0 spiro atoms. The number of methoxy groups -OCH3 is 1. The molecule has 104 valence electrons. The van der Waals surface area contributed by atoms with Crippen molar-refractivity contribution in [3.63, 3.8) is 0 Å². The van der Waals surface area contributed by atoms with E-state index in [1.807, 2.05) is 0 Å². The molecular formula is C13H23NO4. The predicted molar refractivity (Wildman–Crippen MR) is 66.9 cm³/mol. The number of likely N-dealkylation sites (tertiary alicyclic amines) is 1. The Morgan fingerprint density at radius 3 is 2.78 bits per heavy atom. The lowest BCUT2D eigenvalue weighted by molar-refractivity contribution is -0.140. The molecule has 1 N–H and O–H groups in total. The van der Waals surface area contributed by atoms with E-state index in [0.717, 1.165) is 38.6 Å². The Morgan fingerprint density at radius 1 is 1.39 bits per heavy atom. The van der Waals surface area contributed by atoms with Gasteiger partial charge >= 0.3 is 5.97 Å². The summed E-state index contributed by atoms with van der Waals surface area (Å²) in [6.07, 6.45) is 5.55. The van der Waals surface area contributed by atoms with E-state index in [0.29, 0.717) is 12.8 Å². The van der Waals surface area contributed by atoms with Crippen LogP contribution < -0.4 is 0 Å². The van der Waals surface area contributed by atoms with E-state index in [1.54, 1.807) is 4.90 Å². The highest BCUT2D eigenvalue weighted by Gasteiger charge is 2.29. The largest absolute Gasteiger partial charge is 0.469 e. The quantitative estimate of drug-likeness (QED) is 0.522. The fourth-order valence-electron chi connectivity index (χ4n) is 2.30. The van der Waals surface area contributed by atoms with E-state index in [-0.39, 0.29) is 24.5 Å². The Balaban J connectivity index is 2.07. The van der Waals surface area contributed by atoms with E-state index in [2.05, 4.69) is 4.74 Å². The Hall–Kier alpha value is -1.10. The highest BCUT2D eigenvalue weighted by molar-refractivity contribution is 5.78. The van der Waals surface area contributed by atoms with E-state index in [1.165, 1.54) is 7.11 Å². The summed E-state index contributed by atoms with van der Waals surface area (Å²) in [5.41, 5.74) is 0. The number of carbonyl (C=O) groups excluding carboxylic acids is 2. The van der Waals surface area contributed by atoms with Crippen LogP contribution in [0, 0.1) is 0 Å². The average Bonchev–Trinajstić information content (AvgIpc) is 2.74. The van der Waals surface area contributed by atoms with E-state index in [4.69, 9.17) is 5.11 Å². The number of unbranched alkanes of at least 4 members (excludes halogenated alkanes) is 3. The van der Waals surface area contributed by atoms with Gasteiger partial charge in [0.25, 0.3) is 0 Å². The second kappa shape index (κ2) is 8.08. The monoisotopic (exact) mass is 257 g/mol. The molecule has 1 saturated heterocycles. The molecule has 1 fully saturated rings. The molecule has 0 aromatic carbocycles. The average molecular weight is 257 g/mol. The Morgan fingerprint density at radius 2 is 2.11 bits per heavy atom. The zero-order valence-electron chi connectivity index (χ0n) is 11.1. The van der Waals surface area contributed by atoms with Crippen molar-refractivity contribution in [2.45, 2.75) is 51.0 Å². The summed E-state index contributed by atoms with van der Waals surface area (Å²) in [5.74, 6) is -0.00586. The maximum absolute atomic E-state index is 11.5. The van der Waals surface area contributed by atoms with Crippen molar-refractivity contribution >= 4 is 11.9 Å². The number of aliphatic hydroxyl groups excluding tert-OH is 1. The molecule has 0 aromatic rings. The highest BCUT2D eigenvalue weighted by atomic mass is 16.5. The predicted octanol–water partition coefficient (Wildman–Crippen LogP) is 1.09. The first-order valence-electron chi connectivity index (χ1n) is 6.66. The summed E-state index contributed by atoms with van der Waals surface area (Å²) in [6.45, 7) is 0.788. The SMILES string of the molecule is COC(=O)CCCCCCN1C(=O)CC[C@@H]1CO. The number of carbonyl (C=O) groups is 2. The van der Waals surface area contributed by atoms with Gasteiger partial charge in [0.1, 0.15) is 0 Å². The lowest BCUT2D eigenvalue weighted by Gasteiger charge is -2.22.